The molecule has 1 N–H and O–H groups in total. The summed E-state index contributed by atoms with van der Waals surface area (Å²) >= 11 is 0. The lowest BCUT2D eigenvalue weighted by molar-refractivity contribution is -0.0107. The molecule has 0 radical (unpaired) electrons. The van der Waals surface area contributed by atoms with Crippen LogP contribution in [0.2, 0.25) is 0 Å². The second-order valence-corrected chi connectivity index (χ2v) is 6.43. The van der Waals surface area contributed by atoms with Crippen LogP contribution >= 0.6 is 0 Å². The second kappa shape index (κ2) is 9.61. The monoisotopic (exact) mass is 349 g/mol. The van der Waals surface area contributed by atoms with Gasteiger partial charge in [0.25, 0.3) is 0 Å². The molecular weight excluding hydrogens is 324 g/mol. The number of aliphatic hydroxyl groups is 1. The Kier molecular flexibility index (Phi) is 7.50. The Morgan fingerprint density at radius 1 is 1.04 bits per heavy atom. The third-order valence-corrected chi connectivity index (χ3v) is 3.75. The van der Waals surface area contributed by atoms with E-state index in [-0.39, 0.29) is 19.3 Å². The molecule has 0 aliphatic rings. The molecule has 3 nitrogen and oxygen atoms in total. The topological polar surface area (TPSA) is 32.7 Å². The van der Waals surface area contributed by atoms with Crippen molar-refractivity contribution in [1.29, 1.82) is 0 Å². The Bertz CT molecular complexity index is 649. The number of hydrogen-bond acceptors (Lipinski definition) is 3. The van der Waals surface area contributed by atoms with Crippen LogP contribution in [0.4, 0.5) is 8.78 Å². The van der Waals surface area contributed by atoms with Gasteiger partial charge in [0.2, 0.25) is 0 Å². The number of rotatable bonds is 9. The molecule has 0 spiro atoms. The zero-order chi connectivity index (χ0) is 18.2. The summed E-state index contributed by atoms with van der Waals surface area (Å²) < 4.78 is 32.5. The molecule has 0 fully saturated rings. The van der Waals surface area contributed by atoms with Gasteiger partial charge in [0.15, 0.2) is 0 Å². The van der Waals surface area contributed by atoms with Crippen LogP contribution in [0.1, 0.15) is 25.0 Å². The fraction of sp³-hybridized carbons (Fsp3) is 0.400. The fourth-order valence-corrected chi connectivity index (χ4v) is 2.57. The number of halogens is 2. The van der Waals surface area contributed by atoms with E-state index in [0.717, 1.165) is 11.6 Å². The minimum atomic E-state index is -0.686. The van der Waals surface area contributed by atoms with Gasteiger partial charge < -0.3 is 9.84 Å². The average Bonchev–Trinajstić information content (AvgIpc) is 2.56. The minimum absolute atomic E-state index is 0.0340. The summed E-state index contributed by atoms with van der Waals surface area (Å²) in [6, 6.07) is 13.3. The van der Waals surface area contributed by atoms with E-state index in [1.165, 1.54) is 12.1 Å². The molecule has 136 valence electrons. The summed E-state index contributed by atoms with van der Waals surface area (Å²) in [5, 5.41) is 10.2. The molecule has 0 amide bonds. The summed E-state index contributed by atoms with van der Waals surface area (Å²) in [7, 11) is 0. The largest absolute Gasteiger partial charge is 0.389 e. The van der Waals surface area contributed by atoms with Gasteiger partial charge in [-0.25, -0.2) is 8.78 Å². The van der Waals surface area contributed by atoms with Crippen molar-refractivity contribution in [3.8, 4) is 0 Å². The van der Waals surface area contributed by atoms with E-state index in [1.807, 2.05) is 49.1 Å². The third kappa shape index (κ3) is 6.90. The van der Waals surface area contributed by atoms with Gasteiger partial charge in [0.1, 0.15) is 11.6 Å². The molecule has 0 saturated carbocycles. The predicted molar refractivity (Wildman–Crippen MR) is 94.0 cm³/mol. The summed E-state index contributed by atoms with van der Waals surface area (Å²) in [4.78, 5) is 1.93. The van der Waals surface area contributed by atoms with Crippen LogP contribution in [-0.4, -0.2) is 35.4 Å². The van der Waals surface area contributed by atoms with Crippen LogP contribution in [0, 0.1) is 11.6 Å². The minimum Gasteiger partial charge on any atom is -0.389 e. The first-order valence-corrected chi connectivity index (χ1v) is 8.44. The van der Waals surface area contributed by atoms with Crippen molar-refractivity contribution in [2.45, 2.75) is 39.1 Å². The first-order chi connectivity index (χ1) is 11.9. The maximum Gasteiger partial charge on any atom is 0.130 e. The highest BCUT2D eigenvalue weighted by Crippen LogP contribution is 2.15. The van der Waals surface area contributed by atoms with Gasteiger partial charge in [0.05, 0.1) is 18.8 Å². The Hall–Kier alpha value is -1.82. The van der Waals surface area contributed by atoms with Crippen LogP contribution < -0.4 is 0 Å². The van der Waals surface area contributed by atoms with E-state index in [4.69, 9.17) is 4.74 Å². The van der Waals surface area contributed by atoms with E-state index in [2.05, 4.69) is 0 Å². The van der Waals surface area contributed by atoms with Gasteiger partial charge in [-0.2, -0.15) is 0 Å². The summed E-state index contributed by atoms with van der Waals surface area (Å²) in [6.07, 6.45) is -0.651. The zero-order valence-electron chi connectivity index (χ0n) is 14.7. The number of aliphatic hydroxyl groups excluding tert-OH is 1. The molecule has 2 rings (SSSR count). The molecule has 25 heavy (non-hydrogen) atoms. The molecule has 2 aromatic carbocycles. The van der Waals surface area contributed by atoms with Crippen molar-refractivity contribution in [2.75, 3.05) is 13.2 Å². The molecule has 0 heterocycles. The second-order valence-electron chi connectivity index (χ2n) is 6.43. The maximum absolute atomic E-state index is 14.0. The van der Waals surface area contributed by atoms with Gasteiger partial charge in [-0.1, -0.05) is 36.4 Å². The highest BCUT2D eigenvalue weighted by molar-refractivity contribution is 5.19. The molecule has 1 atom stereocenters. The molecule has 0 bridgehead atoms. The van der Waals surface area contributed by atoms with Gasteiger partial charge >= 0.3 is 0 Å². The SMILES string of the molecule is CC(C)OC[C@H](O)CN(Cc1ccccc1)Cc1ccc(F)cc1F. The third-order valence-electron chi connectivity index (χ3n) is 3.75. The zero-order valence-corrected chi connectivity index (χ0v) is 14.7. The quantitative estimate of drug-likeness (QED) is 0.748. The highest BCUT2D eigenvalue weighted by Gasteiger charge is 2.16. The van der Waals surface area contributed by atoms with E-state index >= 15 is 0 Å². The molecule has 0 saturated heterocycles. The molecule has 0 aliphatic carbocycles. The van der Waals surface area contributed by atoms with Crippen LogP contribution in [0.5, 0.6) is 0 Å². The van der Waals surface area contributed by atoms with Crippen molar-refractivity contribution >= 4 is 0 Å². The predicted octanol–water partition coefficient (Wildman–Crippen LogP) is 3.75. The van der Waals surface area contributed by atoms with Crippen LogP contribution in [-0.2, 0) is 17.8 Å². The van der Waals surface area contributed by atoms with Crippen molar-refractivity contribution in [1.82, 2.24) is 4.90 Å². The van der Waals surface area contributed by atoms with E-state index < -0.39 is 17.7 Å². The van der Waals surface area contributed by atoms with Crippen molar-refractivity contribution < 1.29 is 18.6 Å². The van der Waals surface area contributed by atoms with Crippen molar-refractivity contribution in [3.63, 3.8) is 0 Å². The Labute approximate surface area is 147 Å². The van der Waals surface area contributed by atoms with Crippen LogP contribution in [0.15, 0.2) is 48.5 Å². The van der Waals surface area contributed by atoms with E-state index in [0.29, 0.717) is 18.7 Å². The maximum atomic E-state index is 14.0. The number of ether oxygens (including phenoxy) is 1. The smallest absolute Gasteiger partial charge is 0.130 e. The van der Waals surface area contributed by atoms with E-state index in [1.54, 1.807) is 0 Å². The van der Waals surface area contributed by atoms with Gasteiger partial charge in [-0.15, -0.1) is 0 Å². The standard InChI is InChI=1S/C20H25F2NO2/c1-15(2)25-14-19(24)13-23(11-16-6-4-3-5-7-16)12-17-8-9-18(21)10-20(17)22/h3-10,15,19,24H,11-14H2,1-2H3/t19-/m1/s1. The number of benzene rings is 2. The number of hydrogen-bond donors (Lipinski definition) is 1. The Balaban J connectivity index is 2.07. The molecule has 5 heteroatoms. The summed E-state index contributed by atoms with van der Waals surface area (Å²) in [6.45, 7) is 5.19. The first-order valence-electron chi connectivity index (χ1n) is 8.44. The lowest BCUT2D eigenvalue weighted by atomic mass is 10.1. The number of nitrogens with zero attached hydrogens (tertiary/aromatic N) is 1. The van der Waals surface area contributed by atoms with Crippen LogP contribution in [0.25, 0.3) is 0 Å². The molecule has 0 aromatic heterocycles. The molecule has 0 aliphatic heterocycles. The van der Waals surface area contributed by atoms with Crippen molar-refractivity contribution in [2.24, 2.45) is 0 Å². The molecule has 0 unspecified atom stereocenters. The fourth-order valence-electron chi connectivity index (χ4n) is 2.57. The van der Waals surface area contributed by atoms with Gasteiger partial charge in [-0.3, -0.25) is 4.90 Å². The van der Waals surface area contributed by atoms with E-state index in [9.17, 15) is 13.9 Å². The Morgan fingerprint density at radius 2 is 1.76 bits per heavy atom. The summed E-state index contributed by atoms with van der Waals surface area (Å²) in [5.41, 5.74) is 1.45. The summed E-state index contributed by atoms with van der Waals surface area (Å²) in [5.74, 6) is -1.17. The average molecular weight is 349 g/mol. The molecular formula is C20H25F2NO2. The van der Waals surface area contributed by atoms with Gasteiger partial charge in [0, 0.05) is 31.3 Å². The first kappa shape index (κ1) is 19.5. The van der Waals surface area contributed by atoms with Crippen LogP contribution in [0.3, 0.4) is 0 Å². The lowest BCUT2D eigenvalue weighted by Crippen LogP contribution is -2.35. The van der Waals surface area contributed by atoms with Crippen molar-refractivity contribution in [3.05, 3.63) is 71.3 Å². The highest BCUT2D eigenvalue weighted by atomic mass is 19.1. The van der Waals surface area contributed by atoms with Gasteiger partial charge in [-0.05, 0) is 25.5 Å². The normalized spacial score (nSPS) is 12.8. The Morgan fingerprint density at radius 3 is 2.40 bits per heavy atom. The lowest BCUT2D eigenvalue weighted by Gasteiger charge is -2.26. The molecule has 2 aromatic rings.